The van der Waals surface area contributed by atoms with E-state index in [1.807, 2.05) is 0 Å². The second-order valence-corrected chi connectivity index (χ2v) is 2.32. The van der Waals surface area contributed by atoms with Crippen LogP contribution in [0.3, 0.4) is 0 Å². The fraction of sp³-hybridized carbons (Fsp3) is 0.286. The maximum absolute atomic E-state index is 10.5. The Kier molecular flexibility index (Phi) is 3.63. The number of carbonyl (C=O) groups is 1. The summed E-state index contributed by atoms with van der Waals surface area (Å²) in [5.41, 5.74) is 6.03. The average Bonchev–Trinajstić information content (AvgIpc) is 2.09. The van der Waals surface area contributed by atoms with Gasteiger partial charge in [-0.05, 0) is 0 Å². The van der Waals surface area contributed by atoms with Crippen molar-refractivity contribution in [2.75, 3.05) is 5.73 Å². The van der Waals surface area contributed by atoms with Crippen LogP contribution in [0.1, 0.15) is 6.92 Å². The molecule has 0 fully saturated rings. The number of aromatic nitrogens is 1. The highest BCUT2D eigenvalue weighted by molar-refractivity contribution is 5.85. The third-order valence-corrected chi connectivity index (χ3v) is 1.23. The molecule has 68 valence electrons. The van der Waals surface area contributed by atoms with Crippen LogP contribution >= 0.6 is 12.4 Å². The molecule has 5 heteroatoms. The first-order valence-corrected chi connectivity index (χ1v) is 3.20. The van der Waals surface area contributed by atoms with Crippen molar-refractivity contribution in [3.05, 3.63) is 12.3 Å². The predicted molar refractivity (Wildman–Crippen MR) is 48.4 cm³/mol. The molecule has 1 rings (SSSR count). The van der Waals surface area contributed by atoms with E-state index in [9.17, 15) is 4.79 Å². The molecule has 0 amide bonds. The van der Waals surface area contributed by atoms with Gasteiger partial charge < -0.3 is 15.0 Å². The molecule has 1 heterocycles. The van der Waals surface area contributed by atoms with Crippen molar-refractivity contribution >= 4 is 24.1 Å². The molecule has 12 heavy (non-hydrogen) atoms. The number of aryl methyl sites for hydroxylation is 1. The molecule has 0 saturated carbocycles. The number of hydrogen-bond donors (Lipinski definition) is 1. The van der Waals surface area contributed by atoms with Gasteiger partial charge in [-0.1, -0.05) is 0 Å². The van der Waals surface area contributed by atoms with Crippen LogP contribution in [0.15, 0.2) is 12.3 Å². The quantitative estimate of drug-likeness (QED) is 0.671. The topological polar surface area (TPSA) is 57.2 Å². The summed E-state index contributed by atoms with van der Waals surface area (Å²) in [5.74, 6) is 0.126. The molecule has 0 saturated heterocycles. The lowest BCUT2D eigenvalue weighted by Crippen LogP contribution is -2.04. The van der Waals surface area contributed by atoms with E-state index in [2.05, 4.69) is 0 Å². The molecule has 0 aliphatic heterocycles. The summed E-state index contributed by atoms with van der Waals surface area (Å²) in [7, 11) is 1.76. The Hall–Kier alpha value is -1.16. The molecule has 1 aromatic rings. The van der Waals surface area contributed by atoms with Crippen LogP contribution in [0.4, 0.5) is 5.69 Å². The summed E-state index contributed by atoms with van der Waals surface area (Å²) in [6.45, 7) is 1.35. The lowest BCUT2D eigenvalue weighted by Gasteiger charge is -1.99. The number of hydrogen-bond acceptors (Lipinski definition) is 3. The lowest BCUT2D eigenvalue weighted by atomic mass is 10.5. The van der Waals surface area contributed by atoms with Crippen LogP contribution in [0.25, 0.3) is 0 Å². The summed E-state index contributed by atoms with van der Waals surface area (Å²) in [4.78, 5) is 10.5. The average molecular weight is 191 g/mol. The molecule has 0 atom stereocenters. The van der Waals surface area contributed by atoms with E-state index < -0.39 is 0 Å². The van der Waals surface area contributed by atoms with Crippen LogP contribution in [0, 0.1) is 0 Å². The molecule has 0 unspecified atom stereocenters. The van der Waals surface area contributed by atoms with Crippen molar-refractivity contribution in [3.63, 3.8) is 0 Å². The SMILES string of the molecule is CC(=O)Oc1cc(N)cn1C.Cl. The summed E-state index contributed by atoms with van der Waals surface area (Å²) < 4.78 is 6.46. The first-order valence-electron chi connectivity index (χ1n) is 3.20. The van der Waals surface area contributed by atoms with Gasteiger partial charge in [-0.25, -0.2) is 0 Å². The lowest BCUT2D eigenvalue weighted by molar-refractivity contribution is -0.132. The largest absolute Gasteiger partial charge is 0.409 e. The van der Waals surface area contributed by atoms with Crippen molar-refractivity contribution in [2.45, 2.75) is 6.92 Å². The predicted octanol–water partition coefficient (Wildman–Crippen LogP) is 0.954. The zero-order valence-electron chi connectivity index (χ0n) is 6.90. The molecule has 0 bridgehead atoms. The molecule has 4 nitrogen and oxygen atoms in total. The number of carbonyl (C=O) groups excluding carboxylic acids is 1. The fourth-order valence-electron chi connectivity index (χ4n) is 0.818. The minimum Gasteiger partial charge on any atom is -0.409 e. The van der Waals surface area contributed by atoms with Gasteiger partial charge in [0.05, 0.1) is 5.69 Å². The minimum atomic E-state index is -0.341. The monoisotopic (exact) mass is 190 g/mol. The highest BCUT2D eigenvalue weighted by Crippen LogP contribution is 2.16. The minimum absolute atomic E-state index is 0. The highest BCUT2D eigenvalue weighted by atomic mass is 35.5. The molecular weight excluding hydrogens is 180 g/mol. The van der Waals surface area contributed by atoms with Crippen molar-refractivity contribution in [1.29, 1.82) is 0 Å². The zero-order chi connectivity index (χ0) is 8.43. The van der Waals surface area contributed by atoms with Crippen LogP contribution in [0.2, 0.25) is 0 Å². The second kappa shape index (κ2) is 4.01. The van der Waals surface area contributed by atoms with E-state index >= 15 is 0 Å². The number of ether oxygens (including phenoxy) is 1. The Morgan fingerprint density at radius 3 is 2.58 bits per heavy atom. The number of halogens is 1. The van der Waals surface area contributed by atoms with Crippen molar-refractivity contribution in [2.24, 2.45) is 7.05 Å². The number of nitrogen functional groups attached to an aromatic ring is 1. The second-order valence-electron chi connectivity index (χ2n) is 2.32. The van der Waals surface area contributed by atoms with Gasteiger partial charge >= 0.3 is 5.97 Å². The maximum Gasteiger partial charge on any atom is 0.309 e. The molecule has 0 aliphatic carbocycles. The smallest absolute Gasteiger partial charge is 0.309 e. The Morgan fingerprint density at radius 1 is 1.67 bits per heavy atom. The standard InChI is InChI=1S/C7H10N2O2.ClH/c1-5(10)11-7-3-6(8)4-9(7)2;/h3-4H,8H2,1-2H3;1H. The normalized spacial score (nSPS) is 8.83. The van der Waals surface area contributed by atoms with E-state index in [0.717, 1.165) is 0 Å². The third-order valence-electron chi connectivity index (χ3n) is 1.23. The molecule has 0 spiro atoms. The van der Waals surface area contributed by atoms with Crippen molar-refractivity contribution in [3.8, 4) is 5.88 Å². The number of nitrogens with zero attached hydrogens (tertiary/aromatic N) is 1. The molecule has 0 aliphatic rings. The van der Waals surface area contributed by atoms with Crippen molar-refractivity contribution in [1.82, 2.24) is 4.57 Å². The highest BCUT2D eigenvalue weighted by Gasteiger charge is 2.03. The summed E-state index contributed by atoms with van der Waals surface area (Å²) in [6, 6.07) is 1.60. The van der Waals surface area contributed by atoms with Gasteiger partial charge in [0.1, 0.15) is 0 Å². The molecule has 2 N–H and O–H groups in total. The van der Waals surface area contributed by atoms with E-state index in [-0.39, 0.29) is 18.4 Å². The first-order chi connectivity index (χ1) is 5.09. The number of anilines is 1. The Balaban J connectivity index is 0.00000121. The van der Waals surface area contributed by atoms with Crippen LogP contribution in [-0.4, -0.2) is 10.5 Å². The first kappa shape index (κ1) is 10.8. The van der Waals surface area contributed by atoms with Gasteiger partial charge in [-0.15, -0.1) is 12.4 Å². The van der Waals surface area contributed by atoms with Crippen LogP contribution in [0.5, 0.6) is 5.88 Å². The van der Waals surface area contributed by atoms with E-state index in [1.54, 1.807) is 23.9 Å². The number of nitrogens with two attached hydrogens (primary N) is 1. The van der Waals surface area contributed by atoms with Crippen molar-refractivity contribution < 1.29 is 9.53 Å². The van der Waals surface area contributed by atoms with Crippen LogP contribution < -0.4 is 10.5 Å². The maximum atomic E-state index is 10.5. The Bertz CT molecular complexity index is 283. The molecule has 1 aromatic heterocycles. The van der Waals surface area contributed by atoms with Gasteiger partial charge in [0.15, 0.2) is 0 Å². The molecular formula is C7H11ClN2O2. The van der Waals surface area contributed by atoms with Gasteiger partial charge in [-0.3, -0.25) is 4.79 Å². The Labute approximate surface area is 76.7 Å². The van der Waals surface area contributed by atoms with E-state index in [4.69, 9.17) is 10.5 Å². The zero-order valence-corrected chi connectivity index (χ0v) is 7.72. The van der Waals surface area contributed by atoms with Crippen LogP contribution in [-0.2, 0) is 11.8 Å². The third kappa shape index (κ3) is 2.47. The van der Waals surface area contributed by atoms with Gasteiger partial charge in [0.2, 0.25) is 5.88 Å². The molecule has 0 radical (unpaired) electrons. The molecule has 0 aromatic carbocycles. The summed E-state index contributed by atoms with van der Waals surface area (Å²) in [5, 5.41) is 0. The van der Waals surface area contributed by atoms with E-state index in [0.29, 0.717) is 11.6 Å². The number of rotatable bonds is 1. The van der Waals surface area contributed by atoms with Gasteiger partial charge in [-0.2, -0.15) is 0 Å². The van der Waals surface area contributed by atoms with E-state index in [1.165, 1.54) is 6.92 Å². The van der Waals surface area contributed by atoms with Gasteiger partial charge in [0, 0.05) is 26.2 Å². The Morgan fingerprint density at radius 2 is 2.25 bits per heavy atom. The van der Waals surface area contributed by atoms with Gasteiger partial charge in [0.25, 0.3) is 0 Å². The fourth-order valence-corrected chi connectivity index (χ4v) is 0.818. The number of esters is 1. The summed E-state index contributed by atoms with van der Waals surface area (Å²) in [6.07, 6.45) is 1.68. The summed E-state index contributed by atoms with van der Waals surface area (Å²) >= 11 is 0.